The van der Waals surface area contributed by atoms with Gasteiger partial charge >= 0.3 is 0 Å². The van der Waals surface area contributed by atoms with Gasteiger partial charge in [-0.1, -0.05) is 31.4 Å². The van der Waals surface area contributed by atoms with Crippen molar-refractivity contribution in [1.82, 2.24) is 10.3 Å². The lowest BCUT2D eigenvalue weighted by molar-refractivity contribution is -0.126. The van der Waals surface area contributed by atoms with Crippen molar-refractivity contribution in [2.75, 3.05) is 17.2 Å². The van der Waals surface area contributed by atoms with Crippen molar-refractivity contribution >= 4 is 39.9 Å². The Kier molecular flexibility index (Phi) is 7.35. The van der Waals surface area contributed by atoms with E-state index >= 15 is 0 Å². The molecule has 1 saturated carbocycles. The molecular weight excluding hydrogens is 388 g/mol. The maximum absolute atomic E-state index is 12.1. The van der Waals surface area contributed by atoms with Crippen LogP contribution in [0.2, 0.25) is 0 Å². The fourth-order valence-corrected chi connectivity index (χ4v) is 4.12. The number of benzene rings is 1. The zero-order valence-electron chi connectivity index (χ0n) is 16.5. The van der Waals surface area contributed by atoms with Gasteiger partial charge in [0.05, 0.1) is 5.69 Å². The van der Waals surface area contributed by atoms with Crippen LogP contribution in [0.1, 0.15) is 45.4 Å². The Balaban J connectivity index is 1.45. The molecule has 1 aromatic heterocycles. The second-order valence-electron chi connectivity index (χ2n) is 7.22. The van der Waals surface area contributed by atoms with Crippen LogP contribution in [0, 0.1) is 5.92 Å². The van der Waals surface area contributed by atoms with Crippen molar-refractivity contribution < 1.29 is 14.4 Å². The molecule has 7 nitrogen and oxygen atoms in total. The Morgan fingerprint density at radius 3 is 2.48 bits per heavy atom. The molecule has 1 fully saturated rings. The van der Waals surface area contributed by atoms with Gasteiger partial charge in [0.25, 0.3) is 0 Å². The van der Waals surface area contributed by atoms with E-state index in [4.69, 9.17) is 0 Å². The van der Waals surface area contributed by atoms with E-state index in [1.165, 1.54) is 24.7 Å². The van der Waals surface area contributed by atoms with E-state index in [-0.39, 0.29) is 30.1 Å². The van der Waals surface area contributed by atoms with Crippen LogP contribution >= 0.6 is 11.3 Å². The van der Waals surface area contributed by atoms with Crippen LogP contribution in [-0.4, -0.2) is 29.3 Å². The number of rotatable bonds is 7. The van der Waals surface area contributed by atoms with E-state index in [1.54, 1.807) is 0 Å². The number of hydrogen-bond donors (Lipinski definition) is 3. The summed E-state index contributed by atoms with van der Waals surface area (Å²) in [4.78, 5) is 39.8. The summed E-state index contributed by atoms with van der Waals surface area (Å²) in [5.41, 5.74) is 2.38. The predicted molar refractivity (Wildman–Crippen MR) is 115 cm³/mol. The largest absolute Gasteiger partial charge is 0.355 e. The van der Waals surface area contributed by atoms with Gasteiger partial charge in [0.2, 0.25) is 17.7 Å². The maximum atomic E-state index is 12.1. The fourth-order valence-electron chi connectivity index (χ4n) is 3.38. The van der Waals surface area contributed by atoms with Gasteiger partial charge in [-0.25, -0.2) is 4.98 Å². The summed E-state index contributed by atoms with van der Waals surface area (Å²) in [5.74, 6) is -0.121. The van der Waals surface area contributed by atoms with Crippen molar-refractivity contribution in [1.29, 1.82) is 0 Å². The van der Waals surface area contributed by atoms with E-state index in [9.17, 15) is 14.4 Å². The first-order valence-electron chi connectivity index (χ1n) is 9.92. The van der Waals surface area contributed by atoms with E-state index in [0.29, 0.717) is 11.7 Å². The topological polar surface area (TPSA) is 100 Å². The van der Waals surface area contributed by atoms with Crippen LogP contribution in [0.5, 0.6) is 0 Å². The molecular formula is C21H26N4O3S. The number of nitrogens with zero attached hydrogens (tertiary/aromatic N) is 1. The molecule has 8 heteroatoms. The van der Waals surface area contributed by atoms with Crippen LogP contribution in [0.25, 0.3) is 11.3 Å². The fraction of sp³-hybridized carbons (Fsp3) is 0.429. The Hall–Kier alpha value is -2.74. The zero-order chi connectivity index (χ0) is 20.6. The highest BCUT2D eigenvalue weighted by molar-refractivity contribution is 7.14. The summed E-state index contributed by atoms with van der Waals surface area (Å²) in [6, 6.07) is 7.35. The molecule has 29 heavy (non-hydrogen) atoms. The van der Waals surface area contributed by atoms with Gasteiger partial charge in [-0.3, -0.25) is 14.4 Å². The van der Waals surface area contributed by atoms with Gasteiger partial charge in [0, 0.05) is 42.4 Å². The van der Waals surface area contributed by atoms with Crippen molar-refractivity contribution in [3.05, 3.63) is 29.6 Å². The molecule has 0 radical (unpaired) electrons. The molecule has 3 amide bonds. The SMILES string of the molecule is CC(=O)Nc1ccc(-c2csc(NC(=O)CCNC(=O)C3CCCCC3)n2)cc1. The van der Waals surface area contributed by atoms with E-state index < -0.39 is 0 Å². The third-order valence-corrected chi connectivity index (χ3v) is 5.64. The van der Waals surface area contributed by atoms with Gasteiger partial charge < -0.3 is 16.0 Å². The Morgan fingerprint density at radius 2 is 1.79 bits per heavy atom. The Labute approximate surface area is 174 Å². The lowest BCUT2D eigenvalue weighted by Gasteiger charge is -2.20. The smallest absolute Gasteiger partial charge is 0.227 e. The van der Waals surface area contributed by atoms with Gasteiger partial charge in [-0.15, -0.1) is 11.3 Å². The average Bonchev–Trinajstić information content (AvgIpc) is 3.17. The number of hydrogen-bond acceptors (Lipinski definition) is 5. The zero-order valence-corrected chi connectivity index (χ0v) is 17.3. The number of carbonyl (C=O) groups excluding carboxylic acids is 3. The number of carbonyl (C=O) groups is 3. The predicted octanol–water partition coefficient (Wildman–Crippen LogP) is 3.79. The Morgan fingerprint density at radius 1 is 1.07 bits per heavy atom. The van der Waals surface area contributed by atoms with Crippen molar-refractivity contribution in [3.63, 3.8) is 0 Å². The molecule has 3 rings (SSSR count). The standard InChI is InChI=1S/C21H26N4O3S/c1-14(26)23-17-9-7-15(8-10-17)18-13-29-21(24-18)25-19(27)11-12-22-20(28)16-5-3-2-4-6-16/h7-10,13,16H,2-6,11-12H2,1H3,(H,22,28)(H,23,26)(H,24,25,27). The lowest BCUT2D eigenvalue weighted by Crippen LogP contribution is -2.34. The number of amides is 3. The minimum absolute atomic E-state index is 0.0664. The second-order valence-corrected chi connectivity index (χ2v) is 8.08. The van der Waals surface area contributed by atoms with E-state index in [2.05, 4.69) is 20.9 Å². The van der Waals surface area contributed by atoms with Crippen molar-refractivity contribution in [3.8, 4) is 11.3 Å². The first-order chi connectivity index (χ1) is 14.0. The monoisotopic (exact) mass is 414 g/mol. The summed E-state index contributed by atoms with van der Waals surface area (Å²) in [5, 5.41) is 10.8. The molecule has 1 heterocycles. The summed E-state index contributed by atoms with van der Waals surface area (Å²) in [7, 11) is 0. The van der Waals surface area contributed by atoms with Gasteiger partial charge in [0.15, 0.2) is 5.13 Å². The minimum atomic E-state index is -0.171. The van der Waals surface area contributed by atoms with E-state index in [0.717, 1.165) is 42.6 Å². The quantitative estimate of drug-likeness (QED) is 0.642. The first kappa shape index (κ1) is 21.0. The molecule has 0 unspecified atom stereocenters. The normalized spacial score (nSPS) is 14.2. The summed E-state index contributed by atoms with van der Waals surface area (Å²) in [6.07, 6.45) is 5.56. The molecule has 1 aliphatic rings. The number of anilines is 2. The molecule has 1 aliphatic carbocycles. The third kappa shape index (κ3) is 6.39. The number of aromatic nitrogens is 1. The molecule has 1 aromatic carbocycles. The lowest BCUT2D eigenvalue weighted by atomic mass is 9.89. The number of thiazole rings is 1. The molecule has 154 valence electrons. The molecule has 0 bridgehead atoms. The molecule has 0 aliphatic heterocycles. The highest BCUT2D eigenvalue weighted by Crippen LogP contribution is 2.26. The average molecular weight is 415 g/mol. The highest BCUT2D eigenvalue weighted by atomic mass is 32.1. The third-order valence-electron chi connectivity index (χ3n) is 4.88. The Bertz CT molecular complexity index is 857. The van der Waals surface area contributed by atoms with Crippen molar-refractivity contribution in [2.45, 2.75) is 45.4 Å². The molecule has 0 saturated heterocycles. The first-order valence-corrected chi connectivity index (χ1v) is 10.8. The minimum Gasteiger partial charge on any atom is -0.355 e. The highest BCUT2D eigenvalue weighted by Gasteiger charge is 2.20. The van der Waals surface area contributed by atoms with Gasteiger partial charge in [-0.05, 0) is 25.0 Å². The molecule has 2 aromatic rings. The van der Waals surface area contributed by atoms with Gasteiger partial charge in [0.1, 0.15) is 0 Å². The molecule has 0 atom stereocenters. The molecule has 3 N–H and O–H groups in total. The van der Waals surface area contributed by atoms with Crippen LogP contribution < -0.4 is 16.0 Å². The summed E-state index contributed by atoms with van der Waals surface area (Å²) < 4.78 is 0. The van der Waals surface area contributed by atoms with Crippen molar-refractivity contribution in [2.24, 2.45) is 5.92 Å². The van der Waals surface area contributed by atoms with Gasteiger partial charge in [-0.2, -0.15) is 0 Å². The van der Waals surface area contributed by atoms with Crippen LogP contribution in [-0.2, 0) is 14.4 Å². The number of nitrogens with one attached hydrogen (secondary N) is 3. The summed E-state index contributed by atoms with van der Waals surface area (Å²) >= 11 is 1.35. The summed E-state index contributed by atoms with van der Waals surface area (Å²) in [6.45, 7) is 1.80. The maximum Gasteiger partial charge on any atom is 0.227 e. The van der Waals surface area contributed by atoms with Crippen LogP contribution in [0.3, 0.4) is 0 Å². The second kappa shape index (κ2) is 10.2. The van der Waals surface area contributed by atoms with E-state index in [1.807, 2.05) is 29.6 Å². The van der Waals surface area contributed by atoms with Crippen LogP contribution in [0.4, 0.5) is 10.8 Å². The van der Waals surface area contributed by atoms with Crippen LogP contribution in [0.15, 0.2) is 29.6 Å². The molecule has 0 spiro atoms.